The van der Waals surface area contributed by atoms with Crippen LogP contribution in [0.2, 0.25) is 0 Å². The van der Waals surface area contributed by atoms with E-state index in [9.17, 15) is 0 Å². The van der Waals surface area contributed by atoms with Gasteiger partial charge in [-0.15, -0.1) is 0 Å². The Hall–Kier alpha value is -1.26. The van der Waals surface area contributed by atoms with Gasteiger partial charge in [-0.05, 0) is 59.1 Å². The van der Waals surface area contributed by atoms with Gasteiger partial charge in [0.05, 0.1) is 5.52 Å². The summed E-state index contributed by atoms with van der Waals surface area (Å²) in [5.74, 6) is 0. The van der Waals surface area contributed by atoms with Gasteiger partial charge in [0.15, 0.2) is 0 Å². The van der Waals surface area contributed by atoms with Gasteiger partial charge in [-0.2, -0.15) is 0 Å². The standard InChI is InChI=1S/C14H11BrN2S/c1-10-9-12-13(7-8-16-14(12)15)17(10)18-11-5-3-2-4-6-11/h2-9H,1H3. The van der Waals surface area contributed by atoms with Crippen LogP contribution < -0.4 is 0 Å². The molecule has 0 aliphatic carbocycles. The zero-order chi connectivity index (χ0) is 12.5. The number of benzene rings is 1. The first-order valence-corrected chi connectivity index (χ1v) is 7.18. The monoisotopic (exact) mass is 318 g/mol. The second-order valence-electron chi connectivity index (χ2n) is 4.02. The molecule has 0 saturated heterocycles. The molecule has 0 fully saturated rings. The number of aryl methyl sites for hydroxylation is 1. The molecule has 0 saturated carbocycles. The van der Waals surface area contributed by atoms with E-state index in [4.69, 9.17) is 0 Å². The fourth-order valence-electron chi connectivity index (χ4n) is 1.91. The average molecular weight is 319 g/mol. The van der Waals surface area contributed by atoms with Crippen LogP contribution in [0, 0.1) is 6.92 Å². The van der Waals surface area contributed by atoms with Gasteiger partial charge in [0, 0.05) is 22.2 Å². The Kier molecular flexibility index (Phi) is 3.14. The largest absolute Gasteiger partial charge is 0.284 e. The number of aromatic nitrogens is 2. The van der Waals surface area contributed by atoms with E-state index < -0.39 is 0 Å². The van der Waals surface area contributed by atoms with Crippen LogP contribution in [0.25, 0.3) is 10.9 Å². The number of halogens is 1. The zero-order valence-electron chi connectivity index (χ0n) is 9.80. The van der Waals surface area contributed by atoms with Gasteiger partial charge in [0.2, 0.25) is 0 Å². The summed E-state index contributed by atoms with van der Waals surface area (Å²) in [5, 5.41) is 1.15. The molecule has 18 heavy (non-hydrogen) atoms. The van der Waals surface area contributed by atoms with Crippen molar-refractivity contribution in [2.24, 2.45) is 0 Å². The molecule has 0 N–H and O–H groups in total. The molecule has 0 unspecified atom stereocenters. The molecular weight excluding hydrogens is 308 g/mol. The van der Waals surface area contributed by atoms with Gasteiger partial charge in [0.1, 0.15) is 4.60 Å². The van der Waals surface area contributed by atoms with Crippen molar-refractivity contribution in [3.63, 3.8) is 0 Å². The van der Waals surface area contributed by atoms with Gasteiger partial charge in [0.25, 0.3) is 0 Å². The number of nitrogens with zero attached hydrogens (tertiary/aromatic N) is 2. The summed E-state index contributed by atoms with van der Waals surface area (Å²) < 4.78 is 3.13. The van der Waals surface area contributed by atoms with Crippen molar-refractivity contribution < 1.29 is 0 Å². The summed E-state index contributed by atoms with van der Waals surface area (Å²) in [6.07, 6.45) is 1.83. The van der Waals surface area contributed by atoms with Crippen molar-refractivity contribution in [1.29, 1.82) is 0 Å². The Morgan fingerprint density at radius 2 is 1.94 bits per heavy atom. The van der Waals surface area contributed by atoms with Gasteiger partial charge < -0.3 is 0 Å². The smallest absolute Gasteiger partial charge is 0.115 e. The molecule has 0 bridgehead atoms. The lowest BCUT2D eigenvalue weighted by Crippen LogP contribution is -1.89. The first kappa shape index (κ1) is 11.8. The first-order chi connectivity index (χ1) is 8.75. The molecule has 4 heteroatoms. The Morgan fingerprint density at radius 1 is 1.17 bits per heavy atom. The predicted molar refractivity (Wildman–Crippen MR) is 79.9 cm³/mol. The quantitative estimate of drug-likeness (QED) is 0.639. The molecule has 0 radical (unpaired) electrons. The van der Waals surface area contributed by atoms with Crippen molar-refractivity contribution in [2.75, 3.05) is 0 Å². The minimum Gasteiger partial charge on any atom is -0.284 e. The summed E-state index contributed by atoms with van der Waals surface area (Å²) in [5.41, 5.74) is 2.40. The molecule has 0 spiro atoms. The summed E-state index contributed by atoms with van der Waals surface area (Å²) in [6.45, 7) is 2.11. The van der Waals surface area contributed by atoms with E-state index in [0.717, 1.165) is 9.99 Å². The van der Waals surface area contributed by atoms with Crippen LogP contribution in [0.3, 0.4) is 0 Å². The third kappa shape index (κ3) is 2.06. The summed E-state index contributed by atoms with van der Waals surface area (Å²) in [6, 6.07) is 14.6. The summed E-state index contributed by atoms with van der Waals surface area (Å²) in [4.78, 5) is 5.49. The number of hydrogen-bond donors (Lipinski definition) is 0. The molecular formula is C14H11BrN2S. The minimum atomic E-state index is 0.899. The topological polar surface area (TPSA) is 17.8 Å². The predicted octanol–water partition coefficient (Wildman–Crippen LogP) is 4.66. The number of fused-ring (bicyclic) bond motifs is 1. The van der Waals surface area contributed by atoms with Crippen molar-refractivity contribution in [3.05, 3.63) is 59.0 Å². The third-order valence-corrected chi connectivity index (χ3v) is 4.53. The van der Waals surface area contributed by atoms with Crippen LogP contribution in [0.5, 0.6) is 0 Å². The molecule has 2 heterocycles. The van der Waals surface area contributed by atoms with E-state index in [0.29, 0.717) is 0 Å². The molecule has 2 nitrogen and oxygen atoms in total. The highest BCUT2D eigenvalue weighted by molar-refractivity contribution is 9.10. The van der Waals surface area contributed by atoms with Crippen molar-refractivity contribution in [3.8, 4) is 0 Å². The number of rotatable bonds is 2. The van der Waals surface area contributed by atoms with Crippen LogP contribution in [0.4, 0.5) is 0 Å². The number of pyridine rings is 1. The average Bonchev–Trinajstić information content (AvgIpc) is 2.70. The second kappa shape index (κ2) is 4.78. The summed E-state index contributed by atoms with van der Waals surface area (Å²) in [7, 11) is 0. The van der Waals surface area contributed by atoms with Crippen molar-refractivity contribution in [2.45, 2.75) is 11.8 Å². The van der Waals surface area contributed by atoms with Crippen LogP contribution in [0.15, 0.2) is 58.2 Å². The maximum absolute atomic E-state index is 4.26. The minimum absolute atomic E-state index is 0.899. The Morgan fingerprint density at radius 3 is 2.72 bits per heavy atom. The van der Waals surface area contributed by atoms with E-state index in [-0.39, 0.29) is 0 Å². The van der Waals surface area contributed by atoms with E-state index in [2.05, 4.69) is 62.1 Å². The Bertz CT molecular complexity index is 692. The van der Waals surface area contributed by atoms with Crippen LogP contribution in [0.1, 0.15) is 5.69 Å². The molecule has 0 aliphatic rings. The van der Waals surface area contributed by atoms with Gasteiger partial charge in [-0.25, -0.2) is 4.98 Å². The highest BCUT2D eigenvalue weighted by Crippen LogP contribution is 2.31. The molecule has 2 aromatic heterocycles. The lowest BCUT2D eigenvalue weighted by atomic mass is 10.3. The van der Waals surface area contributed by atoms with E-state index in [1.165, 1.54) is 16.1 Å². The Balaban J connectivity index is 2.12. The van der Waals surface area contributed by atoms with Crippen LogP contribution in [-0.4, -0.2) is 8.96 Å². The SMILES string of the molecule is Cc1cc2c(Br)nccc2n1Sc1ccccc1. The van der Waals surface area contributed by atoms with Gasteiger partial charge in [-0.3, -0.25) is 3.97 Å². The highest BCUT2D eigenvalue weighted by Gasteiger charge is 2.09. The van der Waals surface area contributed by atoms with Gasteiger partial charge in [-0.1, -0.05) is 18.2 Å². The molecule has 0 amide bonds. The van der Waals surface area contributed by atoms with Crippen molar-refractivity contribution >= 4 is 38.8 Å². The van der Waals surface area contributed by atoms with E-state index in [1.54, 1.807) is 11.9 Å². The lowest BCUT2D eigenvalue weighted by molar-refractivity contribution is 1.20. The molecule has 1 aromatic carbocycles. The third-order valence-electron chi connectivity index (χ3n) is 2.75. The fraction of sp³-hybridized carbons (Fsp3) is 0.0714. The summed E-state index contributed by atoms with van der Waals surface area (Å²) >= 11 is 5.22. The first-order valence-electron chi connectivity index (χ1n) is 5.61. The molecule has 0 atom stereocenters. The van der Waals surface area contributed by atoms with Crippen LogP contribution in [-0.2, 0) is 0 Å². The maximum atomic E-state index is 4.26. The molecule has 3 aromatic rings. The van der Waals surface area contributed by atoms with Gasteiger partial charge >= 0.3 is 0 Å². The van der Waals surface area contributed by atoms with E-state index >= 15 is 0 Å². The fourth-order valence-corrected chi connectivity index (χ4v) is 3.29. The molecule has 3 rings (SSSR count). The van der Waals surface area contributed by atoms with E-state index in [1.807, 2.05) is 18.3 Å². The Labute approximate surface area is 118 Å². The highest BCUT2D eigenvalue weighted by atomic mass is 79.9. The maximum Gasteiger partial charge on any atom is 0.115 e. The van der Waals surface area contributed by atoms with Crippen LogP contribution >= 0.6 is 27.9 Å². The second-order valence-corrected chi connectivity index (χ2v) is 5.79. The normalized spacial score (nSPS) is 11.0. The molecule has 90 valence electrons. The zero-order valence-corrected chi connectivity index (χ0v) is 12.2. The lowest BCUT2D eigenvalue weighted by Gasteiger charge is -2.06. The van der Waals surface area contributed by atoms with Crippen molar-refractivity contribution in [1.82, 2.24) is 8.96 Å². The number of hydrogen-bond acceptors (Lipinski definition) is 2. The molecule has 0 aliphatic heterocycles.